The zero-order chi connectivity index (χ0) is 21.8. The summed E-state index contributed by atoms with van der Waals surface area (Å²) in [5.41, 5.74) is -1.54. The van der Waals surface area contributed by atoms with E-state index in [2.05, 4.69) is 5.32 Å². The molecule has 2 rings (SSSR count). The minimum Gasteiger partial charge on any atom is -0.388 e. The van der Waals surface area contributed by atoms with Gasteiger partial charge in [-0.25, -0.2) is 0 Å². The van der Waals surface area contributed by atoms with Crippen molar-refractivity contribution in [1.82, 2.24) is 10.6 Å². The molecule has 10 nitrogen and oxygen atoms in total. The van der Waals surface area contributed by atoms with Crippen LogP contribution in [0.15, 0.2) is 12.2 Å². The van der Waals surface area contributed by atoms with Gasteiger partial charge in [-0.05, 0) is 13.0 Å². The van der Waals surface area contributed by atoms with Crippen molar-refractivity contribution in [2.24, 2.45) is 0 Å². The Morgan fingerprint density at radius 3 is 2.59 bits per heavy atom. The second-order valence-electron chi connectivity index (χ2n) is 6.58. The summed E-state index contributed by atoms with van der Waals surface area (Å²) in [6, 6.07) is -1.62. The van der Waals surface area contributed by atoms with Crippen molar-refractivity contribution in [1.29, 1.82) is 0 Å². The molecule has 2 fully saturated rings. The van der Waals surface area contributed by atoms with E-state index in [1.165, 1.54) is 6.92 Å². The van der Waals surface area contributed by atoms with E-state index in [4.69, 9.17) is 14.2 Å². The van der Waals surface area contributed by atoms with Gasteiger partial charge in [0.1, 0.15) is 23.9 Å². The van der Waals surface area contributed by atoms with Crippen LogP contribution >= 0.6 is 0 Å². The molecule has 0 radical (unpaired) electrons. The second kappa shape index (κ2) is 9.17. The summed E-state index contributed by atoms with van der Waals surface area (Å²) in [6.07, 6.45) is -7.93. The largest absolute Gasteiger partial charge is 0.471 e. The van der Waals surface area contributed by atoms with Gasteiger partial charge in [0.25, 0.3) is 0 Å². The molecule has 2 aliphatic rings. The molecule has 0 aromatic carbocycles. The number of halogens is 3. The first-order valence-electron chi connectivity index (χ1n) is 8.54. The summed E-state index contributed by atoms with van der Waals surface area (Å²) in [4.78, 5) is 33.2. The fraction of sp³-hybridized carbons (Fsp3) is 0.688. The number of hydrogen-bond acceptors (Lipinski definition) is 8. The number of ether oxygens (including phenoxy) is 3. The van der Waals surface area contributed by atoms with Crippen LogP contribution in [0.5, 0.6) is 0 Å². The number of aliphatic hydroxyl groups excluding tert-OH is 2. The van der Waals surface area contributed by atoms with Gasteiger partial charge in [0.15, 0.2) is 12.1 Å². The van der Waals surface area contributed by atoms with Gasteiger partial charge >= 0.3 is 12.1 Å². The van der Waals surface area contributed by atoms with E-state index in [1.807, 2.05) is 0 Å². The Bertz CT molecular complexity index is 671. The maximum Gasteiger partial charge on any atom is 0.471 e. The average molecular weight is 426 g/mol. The summed E-state index contributed by atoms with van der Waals surface area (Å²) in [5, 5.41) is 24.4. The van der Waals surface area contributed by atoms with Crippen LogP contribution in [-0.2, 0) is 28.6 Å². The number of carbonyl (C=O) groups excluding carboxylic acids is 3. The molecule has 0 aromatic heterocycles. The molecule has 0 saturated carbocycles. The number of alkyl halides is 3. The van der Waals surface area contributed by atoms with E-state index < -0.39 is 48.1 Å². The highest BCUT2D eigenvalue weighted by atomic mass is 19.4. The lowest BCUT2D eigenvalue weighted by Crippen LogP contribution is -2.67. The Morgan fingerprint density at radius 2 is 1.97 bits per heavy atom. The second-order valence-corrected chi connectivity index (χ2v) is 6.58. The highest BCUT2D eigenvalue weighted by Crippen LogP contribution is 2.37. The zero-order valence-electron chi connectivity index (χ0n) is 15.3. The highest BCUT2D eigenvalue weighted by molar-refractivity contribution is 5.96. The molecular weight excluding hydrogens is 405 g/mol. The van der Waals surface area contributed by atoms with Crippen molar-refractivity contribution in [3.8, 4) is 0 Å². The Kier molecular flexibility index (Phi) is 7.35. The summed E-state index contributed by atoms with van der Waals surface area (Å²) in [5.74, 6) is -3.11. The molecule has 2 aliphatic heterocycles. The van der Waals surface area contributed by atoms with Crippen LogP contribution in [0.4, 0.5) is 13.2 Å². The molecule has 2 saturated heterocycles. The number of fused-ring (bicyclic) bond motifs is 2. The molecule has 0 unspecified atom stereocenters. The highest BCUT2D eigenvalue weighted by Gasteiger charge is 2.60. The third-order valence-corrected chi connectivity index (χ3v) is 4.28. The van der Waals surface area contributed by atoms with Crippen molar-refractivity contribution >= 4 is 17.6 Å². The molecule has 4 N–H and O–H groups in total. The fourth-order valence-corrected chi connectivity index (χ4v) is 2.81. The van der Waals surface area contributed by atoms with Crippen molar-refractivity contribution in [2.75, 3.05) is 26.4 Å². The lowest BCUT2D eigenvalue weighted by molar-refractivity contribution is -0.240. The van der Waals surface area contributed by atoms with Crippen molar-refractivity contribution in [2.45, 2.75) is 43.2 Å². The summed E-state index contributed by atoms with van der Waals surface area (Å²) in [6.45, 7) is 0.742. The first kappa shape index (κ1) is 23.2. The van der Waals surface area contributed by atoms with Gasteiger partial charge in [0.2, 0.25) is 5.91 Å². The maximum atomic E-state index is 12.4. The standard InChI is InChI=1S/C16H21F3N2O8/c1-8(22)2-3-9(23)20-4-5-27-6-15-7-28-13(29-15)10(11(24)12(15)25)21-14(26)16(17,18)19/h2-3,10-13,24-25H,4-7H2,1H3,(H,20,23)(H,21,26)/b3-2+/t10-,11+,12+,13-,15-/m0/s1. The molecule has 164 valence electrons. The Balaban J connectivity index is 1.84. The smallest absolute Gasteiger partial charge is 0.388 e. The van der Waals surface area contributed by atoms with Crippen LogP contribution in [0.2, 0.25) is 0 Å². The Hall–Kier alpha value is -2.06. The predicted octanol–water partition coefficient (Wildman–Crippen LogP) is -1.84. The van der Waals surface area contributed by atoms with Crippen LogP contribution in [0.25, 0.3) is 0 Å². The first-order valence-corrected chi connectivity index (χ1v) is 8.54. The van der Waals surface area contributed by atoms with Gasteiger partial charge < -0.3 is 35.1 Å². The zero-order valence-corrected chi connectivity index (χ0v) is 15.3. The van der Waals surface area contributed by atoms with Crippen molar-refractivity contribution in [3.63, 3.8) is 0 Å². The quantitative estimate of drug-likeness (QED) is 0.262. The Labute approximate surface area is 163 Å². The van der Waals surface area contributed by atoms with E-state index in [0.717, 1.165) is 12.2 Å². The topological polar surface area (TPSA) is 143 Å². The molecule has 0 spiro atoms. The number of carbonyl (C=O) groups is 3. The molecule has 2 amide bonds. The fourth-order valence-electron chi connectivity index (χ4n) is 2.81. The number of ketones is 1. The SMILES string of the molecule is CC(=O)/C=C/C(=O)NCCOC[C@@]12CO[C@@H](O1)[C@@H](NC(=O)C(F)(F)F)[C@@H](O)[C@H]2O. The van der Waals surface area contributed by atoms with Crippen LogP contribution in [0, 0.1) is 0 Å². The van der Waals surface area contributed by atoms with Gasteiger partial charge in [-0.2, -0.15) is 13.2 Å². The minimum atomic E-state index is -5.18. The molecule has 5 atom stereocenters. The van der Waals surface area contributed by atoms with Crippen LogP contribution in [-0.4, -0.2) is 90.5 Å². The molecule has 2 bridgehead atoms. The van der Waals surface area contributed by atoms with Crippen molar-refractivity contribution < 1.29 is 52.0 Å². The number of amides is 2. The van der Waals surface area contributed by atoms with E-state index >= 15 is 0 Å². The van der Waals surface area contributed by atoms with Gasteiger partial charge in [0, 0.05) is 12.6 Å². The van der Waals surface area contributed by atoms with Gasteiger partial charge in [-0.3, -0.25) is 14.4 Å². The molecule has 13 heteroatoms. The lowest BCUT2D eigenvalue weighted by atomic mass is 9.88. The molecule has 29 heavy (non-hydrogen) atoms. The van der Waals surface area contributed by atoms with E-state index in [-0.39, 0.29) is 32.1 Å². The molecule has 0 aromatic rings. The van der Waals surface area contributed by atoms with E-state index in [9.17, 15) is 37.8 Å². The van der Waals surface area contributed by atoms with Gasteiger partial charge in [-0.15, -0.1) is 0 Å². The van der Waals surface area contributed by atoms with Crippen LogP contribution in [0.3, 0.4) is 0 Å². The average Bonchev–Trinajstić information content (AvgIpc) is 3.03. The summed E-state index contributed by atoms with van der Waals surface area (Å²) < 4.78 is 53.2. The number of hydrogen-bond donors (Lipinski definition) is 4. The van der Waals surface area contributed by atoms with Gasteiger partial charge in [0.05, 0.1) is 19.8 Å². The van der Waals surface area contributed by atoms with Crippen molar-refractivity contribution in [3.05, 3.63) is 12.2 Å². The lowest BCUT2D eigenvalue weighted by Gasteiger charge is -2.42. The molecule has 2 heterocycles. The number of nitrogens with one attached hydrogen (secondary N) is 2. The molecule has 0 aliphatic carbocycles. The molecular formula is C16H21F3N2O8. The van der Waals surface area contributed by atoms with Crippen LogP contribution in [0.1, 0.15) is 6.92 Å². The monoisotopic (exact) mass is 426 g/mol. The number of rotatable bonds is 8. The van der Waals surface area contributed by atoms with Gasteiger partial charge in [-0.1, -0.05) is 0 Å². The third-order valence-electron chi connectivity index (χ3n) is 4.28. The third kappa shape index (κ3) is 5.73. The van der Waals surface area contributed by atoms with Crippen LogP contribution < -0.4 is 10.6 Å². The normalized spacial score (nSPS) is 31.7. The summed E-state index contributed by atoms with van der Waals surface area (Å²) >= 11 is 0. The summed E-state index contributed by atoms with van der Waals surface area (Å²) in [7, 11) is 0. The number of aliphatic hydroxyl groups is 2. The van der Waals surface area contributed by atoms with E-state index in [0.29, 0.717) is 0 Å². The van der Waals surface area contributed by atoms with E-state index in [1.54, 1.807) is 5.32 Å². The predicted molar refractivity (Wildman–Crippen MR) is 87.2 cm³/mol. The maximum absolute atomic E-state index is 12.4. The minimum absolute atomic E-state index is 0.0213. The Morgan fingerprint density at radius 1 is 1.28 bits per heavy atom. The first-order chi connectivity index (χ1) is 13.5. The number of allylic oxidation sites excluding steroid dienone is 1.